The normalized spacial score (nSPS) is 19.9. The van der Waals surface area contributed by atoms with Crippen molar-refractivity contribution in [3.63, 3.8) is 0 Å². The Morgan fingerprint density at radius 3 is 2.74 bits per heavy atom. The second-order valence-electron chi connectivity index (χ2n) is 5.63. The molecule has 0 radical (unpaired) electrons. The molecule has 5 nitrogen and oxygen atoms in total. The highest BCUT2D eigenvalue weighted by Crippen LogP contribution is 2.28. The van der Waals surface area contributed by atoms with Gasteiger partial charge in [-0.15, -0.1) is 11.3 Å². The molecule has 1 aliphatic heterocycles. The molecule has 7 heteroatoms. The molecule has 0 amide bonds. The summed E-state index contributed by atoms with van der Waals surface area (Å²) in [6.45, 7) is 0. The summed E-state index contributed by atoms with van der Waals surface area (Å²) in [5.74, 6) is 1.79. The van der Waals surface area contributed by atoms with Crippen LogP contribution in [0.4, 0.5) is 5.82 Å². The van der Waals surface area contributed by atoms with Crippen LogP contribution in [-0.4, -0.2) is 35.9 Å². The number of hydrogen-bond acceptors (Lipinski definition) is 6. The zero-order valence-corrected chi connectivity index (χ0v) is 13.9. The lowest BCUT2D eigenvalue weighted by atomic mass is 10.2. The molecule has 2 aromatic heterocycles. The summed E-state index contributed by atoms with van der Waals surface area (Å²) in [5, 5.41) is 6.22. The minimum Gasteiger partial charge on any atom is -0.366 e. The van der Waals surface area contributed by atoms with Crippen molar-refractivity contribution < 1.29 is 8.42 Å². The van der Waals surface area contributed by atoms with E-state index in [-0.39, 0.29) is 17.5 Å². The molecule has 1 aromatic carbocycles. The third-order valence-corrected chi connectivity index (χ3v) is 6.55. The Kier molecular flexibility index (Phi) is 3.54. The van der Waals surface area contributed by atoms with E-state index in [0.717, 1.165) is 15.8 Å². The van der Waals surface area contributed by atoms with E-state index >= 15 is 0 Å². The summed E-state index contributed by atoms with van der Waals surface area (Å²) in [6, 6.07) is 11.6. The lowest BCUT2D eigenvalue weighted by molar-refractivity contribution is 0.602. The van der Waals surface area contributed by atoms with E-state index in [0.29, 0.717) is 18.1 Å². The van der Waals surface area contributed by atoms with Gasteiger partial charge >= 0.3 is 0 Å². The fraction of sp³-hybridized carbons (Fsp3) is 0.250. The Hall–Kier alpha value is -1.99. The molecule has 1 N–H and O–H groups in total. The molecule has 0 bridgehead atoms. The van der Waals surface area contributed by atoms with Crippen molar-refractivity contribution in [3.8, 4) is 10.7 Å². The zero-order chi connectivity index (χ0) is 15.9. The summed E-state index contributed by atoms with van der Waals surface area (Å²) < 4.78 is 23.4. The van der Waals surface area contributed by atoms with Crippen LogP contribution in [0.3, 0.4) is 0 Å². The van der Waals surface area contributed by atoms with Crippen molar-refractivity contribution in [2.75, 3.05) is 16.8 Å². The van der Waals surface area contributed by atoms with Gasteiger partial charge < -0.3 is 5.32 Å². The molecule has 4 rings (SSSR count). The topological polar surface area (TPSA) is 72.0 Å². The fourth-order valence-corrected chi connectivity index (χ4v) is 5.14. The number of benzene rings is 1. The highest BCUT2D eigenvalue weighted by Gasteiger charge is 2.28. The average Bonchev–Trinajstić information content (AvgIpc) is 3.17. The molecule has 23 heavy (non-hydrogen) atoms. The molecule has 0 unspecified atom stereocenters. The number of aromatic nitrogens is 2. The first-order chi connectivity index (χ1) is 11.1. The number of nitrogens with zero attached hydrogens (tertiary/aromatic N) is 2. The molecule has 3 heterocycles. The van der Waals surface area contributed by atoms with Gasteiger partial charge in [-0.05, 0) is 30.0 Å². The van der Waals surface area contributed by atoms with E-state index in [1.165, 1.54) is 0 Å². The molecule has 1 aliphatic rings. The van der Waals surface area contributed by atoms with Gasteiger partial charge in [-0.1, -0.05) is 18.2 Å². The predicted octanol–water partition coefficient (Wildman–Crippen LogP) is 2.96. The maximum absolute atomic E-state index is 11.7. The van der Waals surface area contributed by atoms with E-state index in [9.17, 15) is 8.42 Å². The van der Waals surface area contributed by atoms with Crippen LogP contribution >= 0.6 is 11.3 Å². The van der Waals surface area contributed by atoms with E-state index in [1.807, 2.05) is 41.8 Å². The molecule has 1 atom stereocenters. The Bertz CT molecular complexity index is 953. The third-order valence-electron chi connectivity index (χ3n) is 3.92. The Morgan fingerprint density at radius 1 is 1.13 bits per heavy atom. The van der Waals surface area contributed by atoms with E-state index in [4.69, 9.17) is 0 Å². The van der Waals surface area contributed by atoms with Gasteiger partial charge in [0.25, 0.3) is 0 Å². The van der Waals surface area contributed by atoms with Crippen molar-refractivity contribution in [2.45, 2.75) is 12.5 Å². The van der Waals surface area contributed by atoms with Crippen LogP contribution in [0.15, 0.2) is 41.8 Å². The van der Waals surface area contributed by atoms with Gasteiger partial charge in [0.15, 0.2) is 15.7 Å². The Balaban J connectivity index is 1.78. The van der Waals surface area contributed by atoms with Crippen molar-refractivity contribution in [1.82, 2.24) is 9.97 Å². The Labute approximate surface area is 138 Å². The lowest BCUT2D eigenvalue weighted by Gasteiger charge is -2.14. The van der Waals surface area contributed by atoms with E-state index < -0.39 is 9.84 Å². The number of thiophene rings is 1. The number of anilines is 1. The van der Waals surface area contributed by atoms with Crippen molar-refractivity contribution in [1.29, 1.82) is 0 Å². The molecular formula is C16H15N3O2S2. The van der Waals surface area contributed by atoms with Gasteiger partial charge in [-0.3, -0.25) is 0 Å². The average molecular weight is 345 g/mol. The lowest BCUT2D eigenvalue weighted by Crippen LogP contribution is -2.21. The van der Waals surface area contributed by atoms with Gasteiger partial charge in [-0.2, -0.15) is 0 Å². The molecule has 0 aliphatic carbocycles. The van der Waals surface area contributed by atoms with Gasteiger partial charge in [0.1, 0.15) is 5.82 Å². The summed E-state index contributed by atoms with van der Waals surface area (Å²) >= 11 is 1.59. The SMILES string of the molecule is O=S1(=O)CC[C@H](Nc2nc(-c3cccs3)nc3ccccc23)C1. The van der Waals surface area contributed by atoms with Gasteiger partial charge in [0, 0.05) is 11.4 Å². The van der Waals surface area contributed by atoms with Crippen molar-refractivity contribution >= 4 is 37.9 Å². The number of sulfone groups is 1. The molecule has 3 aromatic rings. The molecular weight excluding hydrogens is 330 g/mol. The summed E-state index contributed by atoms with van der Waals surface area (Å²) in [7, 11) is -2.93. The first-order valence-electron chi connectivity index (χ1n) is 7.38. The highest BCUT2D eigenvalue weighted by molar-refractivity contribution is 7.91. The van der Waals surface area contributed by atoms with Crippen LogP contribution < -0.4 is 5.32 Å². The van der Waals surface area contributed by atoms with Gasteiger partial charge in [-0.25, -0.2) is 18.4 Å². The van der Waals surface area contributed by atoms with Crippen LogP contribution in [0.5, 0.6) is 0 Å². The van der Waals surface area contributed by atoms with E-state index in [2.05, 4.69) is 15.3 Å². The molecule has 1 fully saturated rings. The quantitative estimate of drug-likeness (QED) is 0.790. The number of nitrogens with one attached hydrogen (secondary N) is 1. The van der Waals surface area contributed by atoms with Gasteiger partial charge in [0.2, 0.25) is 0 Å². The minimum atomic E-state index is -2.93. The van der Waals surface area contributed by atoms with Crippen LogP contribution in [-0.2, 0) is 9.84 Å². The monoisotopic (exact) mass is 345 g/mol. The Morgan fingerprint density at radius 2 is 2.00 bits per heavy atom. The second-order valence-corrected chi connectivity index (χ2v) is 8.81. The molecule has 1 saturated heterocycles. The molecule has 0 saturated carbocycles. The maximum atomic E-state index is 11.7. The number of fused-ring (bicyclic) bond motifs is 1. The third kappa shape index (κ3) is 2.94. The first kappa shape index (κ1) is 14.6. The van der Waals surface area contributed by atoms with Crippen LogP contribution in [0.1, 0.15) is 6.42 Å². The second kappa shape index (κ2) is 5.58. The predicted molar refractivity (Wildman–Crippen MR) is 93.5 cm³/mol. The summed E-state index contributed by atoms with van der Waals surface area (Å²) in [5.41, 5.74) is 0.856. The molecule has 118 valence electrons. The van der Waals surface area contributed by atoms with Gasteiger partial charge in [0.05, 0.1) is 21.9 Å². The van der Waals surface area contributed by atoms with Crippen LogP contribution in [0.2, 0.25) is 0 Å². The van der Waals surface area contributed by atoms with E-state index in [1.54, 1.807) is 11.3 Å². The summed E-state index contributed by atoms with van der Waals surface area (Å²) in [6.07, 6.45) is 0.620. The smallest absolute Gasteiger partial charge is 0.172 e. The first-order valence-corrected chi connectivity index (χ1v) is 10.1. The maximum Gasteiger partial charge on any atom is 0.172 e. The minimum absolute atomic E-state index is 0.0884. The standard InChI is InChI=1S/C16H15N3O2S2/c20-23(21)9-7-11(10-23)17-15-12-4-1-2-5-13(12)18-16(19-15)14-6-3-8-22-14/h1-6,8,11H,7,9-10H2,(H,17,18,19)/t11-/m0/s1. The number of para-hydroxylation sites is 1. The van der Waals surface area contributed by atoms with Crippen molar-refractivity contribution in [3.05, 3.63) is 41.8 Å². The number of hydrogen-bond donors (Lipinski definition) is 1. The van der Waals surface area contributed by atoms with Crippen molar-refractivity contribution in [2.24, 2.45) is 0 Å². The summed E-state index contributed by atoms with van der Waals surface area (Å²) in [4.78, 5) is 10.3. The number of rotatable bonds is 3. The molecule has 0 spiro atoms. The van der Waals surface area contributed by atoms with Crippen LogP contribution in [0, 0.1) is 0 Å². The zero-order valence-electron chi connectivity index (χ0n) is 12.3. The van der Waals surface area contributed by atoms with Crippen LogP contribution in [0.25, 0.3) is 21.6 Å². The largest absolute Gasteiger partial charge is 0.366 e. The highest BCUT2D eigenvalue weighted by atomic mass is 32.2. The fourth-order valence-electron chi connectivity index (χ4n) is 2.80.